The van der Waals surface area contributed by atoms with Crippen LogP contribution in [0.15, 0.2) is 440 Å². The molecule has 0 spiro atoms. The minimum Gasteiger partial charge on any atom is -0.456 e. The van der Waals surface area contributed by atoms with E-state index in [-0.39, 0.29) is 0 Å². The highest BCUT2D eigenvalue weighted by Crippen LogP contribution is 2.53. The molecule has 0 unspecified atom stereocenters. The maximum Gasteiger partial charge on any atom is 0.137 e. The quantitative estimate of drug-likeness (QED) is 0.128. The van der Waals surface area contributed by atoms with E-state index >= 15 is 0 Å². The predicted molar refractivity (Wildman–Crippen MR) is 496 cm³/mol. The van der Waals surface area contributed by atoms with Crippen molar-refractivity contribution in [3.05, 3.63) is 431 Å². The lowest BCUT2D eigenvalue weighted by Gasteiger charge is -2.21. The molecule has 0 aliphatic rings. The Morgan fingerprint density at radius 3 is 0.872 bits per heavy atom. The monoisotopic (exact) mass is 1490 g/mol. The van der Waals surface area contributed by atoms with Gasteiger partial charge in [-0.15, -0.1) is 0 Å². The van der Waals surface area contributed by atoms with E-state index in [1.807, 2.05) is 0 Å². The largest absolute Gasteiger partial charge is 0.456 e. The van der Waals surface area contributed by atoms with E-state index in [1.54, 1.807) is 0 Å². The fourth-order valence-electron chi connectivity index (χ4n) is 19.3. The Morgan fingerprint density at radius 2 is 0.436 bits per heavy atom. The standard InChI is InChI=1S/C60H38O.C54H33NO/c1-4-18-39(19-5-1)43-33-32-42(38-54(43)40-20-6-2-7-21-40)44-36-37-56-60(53-30-16-17-31-55(53)61-56)59(44)52-35-34-51(45-24-10-11-25-46(45)52)58-49-28-14-12-26-47(49)57(41-22-8-3-9-23-41)48-27-13-15-29-50(48)58;1-2-16-34(17-3-1)51-40-22-6-8-24-42(40)52(43-25-9-7-23-41(43)51)44-31-30-37(35-18-4-5-19-36(35)44)45-32-33-50-53(46-26-12-15-29-49(46)56-50)54(45)55-47-27-13-10-20-38(47)39-21-11-14-28-48(39)55/h1-38H;1-33H. The third-order valence-electron chi connectivity index (χ3n) is 24.3. The smallest absolute Gasteiger partial charge is 0.137 e. The molecule has 24 rings (SSSR count). The molecule has 21 aromatic carbocycles. The van der Waals surface area contributed by atoms with Gasteiger partial charge >= 0.3 is 0 Å². The highest BCUT2D eigenvalue weighted by atomic mass is 16.3. The van der Waals surface area contributed by atoms with Crippen LogP contribution in [-0.2, 0) is 0 Å². The Balaban J connectivity index is 0.000000138. The molecule has 0 aliphatic heterocycles. The van der Waals surface area contributed by atoms with E-state index in [1.165, 1.54) is 170 Å². The molecular formula is C114H71NO2. The normalized spacial score (nSPS) is 11.8. The fraction of sp³-hybridized carbons (Fsp3) is 0. The highest BCUT2D eigenvalue weighted by Gasteiger charge is 2.28. The summed E-state index contributed by atoms with van der Waals surface area (Å²) in [6.45, 7) is 0. The molecule has 3 heterocycles. The lowest BCUT2D eigenvalue weighted by molar-refractivity contribution is 0.668. The number of hydrogen-bond donors (Lipinski definition) is 0. The molecule has 544 valence electrons. The molecule has 0 radical (unpaired) electrons. The first-order chi connectivity index (χ1) is 58.1. The topological polar surface area (TPSA) is 31.2 Å². The molecule has 0 saturated heterocycles. The Kier molecular flexibility index (Phi) is 16.0. The summed E-state index contributed by atoms with van der Waals surface area (Å²) in [7, 11) is 0. The van der Waals surface area contributed by atoms with Crippen molar-refractivity contribution in [3.63, 3.8) is 0 Å². The van der Waals surface area contributed by atoms with Gasteiger partial charge < -0.3 is 13.4 Å². The van der Waals surface area contributed by atoms with Crippen molar-refractivity contribution in [2.24, 2.45) is 0 Å². The van der Waals surface area contributed by atoms with Crippen molar-refractivity contribution in [3.8, 4) is 106 Å². The number of hydrogen-bond acceptors (Lipinski definition) is 2. The van der Waals surface area contributed by atoms with Crippen molar-refractivity contribution in [1.82, 2.24) is 4.57 Å². The van der Waals surface area contributed by atoms with Crippen LogP contribution < -0.4 is 0 Å². The first-order valence-electron chi connectivity index (χ1n) is 40.3. The summed E-state index contributed by atoms with van der Waals surface area (Å²) in [5, 5.41) is 21.8. The van der Waals surface area contributed by atoms with Crippen molar-refractivity contribution in [2.45, 2.75) is 0 Å². The van der Waals surface area contributed by atoms with Crippen LogP contribution in [0.3, 0.4) is 0 Å². The molecule has 24 aromatic rings. The van der Waals surface area contributed by atoms with Crippen LogP contribution in [0.1, 0.15) is 0 Å². The summed E-state index contributed by atoms with van der Waals surface area (Å²) in [4.78, 5) is 0. The lowest BCUT2D eigenvalue weighted by atomic mass is 9.82. The molecule has 117 heavy (non-hydrogen) atoms. The lowest BCUT2D eigenvalue weighted by Crippen LogP contribution is -1.99. The van der Waals surface area contributed by atoms with Gasteiger partial charge in [-0.2, -0.15) is 0 Å². The van der Waals surface area contributed by atoms with Gasteiger partial charge in [-0.05, 0) is 202 Å². The van der Waals surface area contributed by atoms with Crippen LogP contribution in [0.2, 0.25) is 0 Å². The summed E-state index contributed by atoms with van der Waals surface area (Å²) >= 11 is 0. The van der Waals surface area contributed by atoms with Crippen LogP contribution in [0.25, 0.3) is 236 Å². The molecule has 3 nitrogen and oxygen atoms in total. The van der Waals surface area contributed by atoms with E-state index < -0.39 is 0 Å². The van der Waals surface area contributed by atoms with E-state index in [0.717, 1.165) is 66.3 Å². The van der Waals surface area contributed by atoms with Gasteiger partial charge in [0.2, 0.25) is 0 Å². The predicted octanol–water partition coefficient (Wildman–Crippen LogP) is 32.2. The molecule has 0 fully saturated rings. The van der Waals surface area contributed by atoms with Crippen molar-refractivity contribution in [2.75, 3.05) is 0 Å². The summed E-state index contributed by atoms with van der Waals surface area (Å²) in [6, 6.07) is 156. The Morgan fingerprint density at radius 1 is 0.145 bits per heavy atom. The van der Waals surface area contributed by atoms with E-state index in [0.29, 0.717) is 0 Å². The Labute approximate surface area is 675 Å². The van der Waals surface area contributed by atoms with Gasteiger partial charge in [-0.25, -0.2) is 0 Å². The minimum absolute atomic E-state index is 0.879. The summed E-state index contributed by atoms with van der Waals surface area (Å²) in [5.74, 6) is 0. The van der Waals surface area contributed by atoms with Crippen molar-refractivity contribution < 1.29 is 8.83 Å². The molecule has 3 aromatic heterocycles. The van der Waals surface area contributed by atoms with Gasteiger partial charge in [0.25, 0.3) is 0 Å². The molecule has 0 aliphatic carbocycles. The summed E-state index contributed by atoms with van der Waals surface area (Å²) in [5.41, 5.74) is 28.8. The van der Waals surface area contributed by atoms with Gasteiger partial charge in [-0.1, -0.05) is 382 Å². The van der Waals surface area contributed by atoms with Crippen LogP contribution in [-0.4, -0.2) is 4.57 Å². The second-order valence-corrected chi connectivity index (χ2v) is 30.6. The molecule has 0 N–H and O–H groups in total. The van der Waals surface area contributed by atoms with E-state index in [2.05, 4.69) is 435 Å². The summed E-state index contributed by atoms with van der Waals surface area (Å²) < 4.78 is 15.7. The molecular weight excluding hydrogens is 1420 g/mol. The first-order valence-corrected chi connectivity index (χ1v) is 40.3. The highest BCUT2D eigenvalue weighted by molar-refractivity contribution is 6.28. The zero-order valence-corrected chi connectivity index (χ0v) is 63.8. The third kappa shape index (κ3) is 10.9. The molecule has 0 atom stereocenters. The fourth-order valence-corrected chi connectivity index (χ4v) is 19.3. The molecule has 0 bridgehead atoms. The van der Waals surface area contributed by atoms with Gasteiger partial charge in [0.05, 0.1) is 22.1 Å². The number of fused-ring (bicyclic) bond motifs is 15. The zero-order chi connectivity index (χ0) is 77.0. The van der Waals surface area contributed by atoms with E-state index in [4.69, 9.17) is 8.83 Å². The Hall–Kier alpha value is -15.4. The number of nitrogens with zero attached hydrogens (tertiary/aromatic N) is 1. The SMILES string of the molecule is c1ccc(-c2c3ccccc3c(-c3ccc(-c4ccc5oc6ccccc6c5c4-n4c5ccccc5c5ccccc54)c4ccccc34)c3ccccc23)cc1.c1ccc(-c2ccc(-c3ccc4oc5ccccc5c4c3-c3ccc(-c4c5ccccc5c(-c5ccccc5)c5ccccc45)c4ccccc34)cc2-c2ccccc2)cc1. The second-order valence-electron chi connectivity index (χ2n) is 30.6. The van der Waals surface area contributed by atoms with Crippen LogP contribution >= 0.6 is 0 Å². The maximum atomic E-state index is 6.62. The minimum atomic E-state index is 0.879. The summed E-state index contributed by atoms with van der Waals surface area (Å²) in [6.07, 6.45) is 0. The van der Waals surface area contributed by atoms with Gasteiger partial charge in [-0.3, -0.25) is 0 Å². The van der Waals surface area contributed by atoms with Crippen molar-refractivity contribution in [1.29, 1.82) is 0 Å². The van der Waals surface area contributed by atoms with Gasteiger partial charge in [0.1, 0.15) is 22.3 Å². The van der Waals surface area contributed by atoms with Crippen LogP contribution in [0.5, 0.6) is 0 Å². The van der Waals surface area contributed by atoms with Crippen molar-refractivity contribution >= 4 is 130 Å². The number of para-hydroxylation sites is 4. The Bertz CT molecular complexity index is 7940. The second kappa shape index (κ2) is 27.8. The third-order valence-corrected chi connectivity index (χ3v) is 24.3. The zero-order valence-electron chi connectivity index (χ0n) is 63.8. The number of benzene rings is 21. The molecule has 0 amide bonds. The number of aromatic nitrogens is 1. The van der Waals surface area contributed by atoms with Crippen LogP contribution in [0.4, 0.5) is 0 Å². The number of rotatable bonds is 10. The first kappa shape index (κ1) is 67.3. The number of furan rings is 2. The average molecular weight is 1490 g/mol. The van der Waals surface area contributed by atoms with E-state index in [9.17, 15) is 0 Å². The molecule has 3 heteroatoms. The average Bonchev–Trinajstić information content (AvgIpc) is 1.70. The van der Waals surface area contributed by atoms with Gasteiger partial charge in [0.15, 0.2) is 0 Å². The van der Waals surface area contributed by atoms with Crippen LogP contribution in [0, 0.1) is 0 Å². The maximum absolute atomic E-state index is 6.62. The molecule has 0 saturated carbocycles. The van der Waals surface area contributed by atoms with Gasteiger partial charge in [0, 0.05) is 38.1 Å².